The Hall–Kier alpha value is -3.94. The number of likely N-dealkylation sites (N-methyl/N-ethyl adjacent to an activating group) is 1. The van der Waals surface area contributed by atoms with E-state index in [4.69, 9.17) is 16.3 Å². The maximum atomic E-state index is 13.5. The van der Waals surface area contributed by atoms with Crippen LogP contribution in [-0.2, 0) is 29.2 Å². The minimum Gasteiger partial charge on any atom is -0.399 e. The van der Waals surface area contributed by atoms with E-state index in [-0.39, 0.29) is 18.9 Å². The van der Waals surface area contributed by atoms with Gasteiger partial charge in [-0.3, -0.25) is 9.63 Å². The van der Waals surface area contributed by atoms with Crippen LogP contribution < -0.4 is 11.5 Å². The second kappa shape index (κ2) is 11.2. The molecule has 38 heavy (non-hydrogen) atoms. The van der Waals surface area contributed by atoms with Crippen LogP contribution in [0.25, 0.3) is 17.2 Å². The average molecular weight is 510 g/mol. The Kier molecular flexibility index (Phi) is 7.58. The normalized spacial score (nSPS) is 15.1. The zero-order chi connectivity index (χ0) is 26.6. The van der Waals surface area contributed by atoms with Gasteiger partial charge in [-0.15, -0.1) is 0 Å². The molecule has 7 heteroatoms. The molecule has 0 unspecified atom stereocenters. The fourth-order valence-corrected chi connectivity index (χ4v) is 4.94. The molecule has 2 aliphatic rings. The van der Waals surface area contributed by atoms with Crippen molar-refractivity contribution in [3.63, 3.8) is 0 Å². The standard InChI is InChI=1S/C31H35N5O2/c1-3-13-36(38-20-21-4-10-28(32)11-5-21)31(37)27-16-25-8-6-23(17-29(25)34-30(33)18-27)22-7-9-26-19-35(2)14-12-24(26)15-22/h4-11,15-17H,3,12-14,18-20,32H2,1-2H3,(H2,33,34). The van der Waals surface area contributed by atoms with Gasteiger partial charge in [-0.1, -0.05) is 49.4 Å². The lowest BCUT2D eigenvalue weighted by atomic mass is 9.94. The monoisotopic (exact) mass is 509 g/mol. The third-order valence-electron chi connectivity index (χ3n) is 7.03. The molecule has 1 amide bonds. The van der Waals surface area contributed by atoms with Crippen molar-refractivity contribution in [1.29, 1.82) is 0 Å². The molecule has 2 aliphatic heterocycles. The first-order valence-electron chi connectivity index (χ1n) is 13.2. The van der Waals surface area contributed by atoms with Gasteiger partial charge < -0.3 is 16.4 Å². The molecular formula is C31H35N5O2. The number of hydroxylamine groups is 2. The van der Waals surface area contributed by atoms with Crippen molar-refractivity contribution in [3.8, 4) is 11.1 Å². The lowest BCUT2D eigenvalue weighted by molar-refractivity contribution is -0.187. The quantitative estimate of drug-likeness (QED) is 0.342. The van der Waals surface area contributed by atoms with E-state index >= 15 is 0 Å². The summed E-state index contributed by atoms with van der Waals surface area (Å²) in [6, 6.07) is 20.3. The van der Waals surface area contributed by atoms with E-state index in [1.807, 2.05) is 43.3 Å². The van der Waals surface area contributed by atoms with Crippen molar-refractivity contribution in [3.05, 3.63) is 88.5 Å². The maximum absolute atomic E-state index is 13.5. The summed E-state index contributed by atoms with van der Waals surface area (Å²) in [5, 5.41) is 1.43. The Morgan fingerprint density at radius 1 is 1.03 bits per heavy atom. The maximum Gasteiger partial charge on any atom is 0.273 e. The average Bonchev–Trinajstić information content (AvgIpc) is 3.08. The Morgan fingerprint density at radius 3 is 2.58 bits per heavy atom. The van der Waals surface area contributed by atoms with Gasteiger partial charge in [-0.2, -0.15) is 0 Å². The smallest absolute Gasteiger partial charge is 0.273 e. The number of nitrogen functional groups attached to an aromatic ring is 1. The summed E-state index contributed by atoms with van der Waals surface area (Å²) >= 11 is 0. The number of carbonyl (C=O) groups excluding carboxylic acids is 1. The molecule has 0 bridgehead atoms. The largest absolute Gasteiger partial charge is 0.399 e. The molecule has 3 aromatic carbocycles. The van der Waals surface area contributed by atoms with Gasteiger partial charge in [0.25, 0.3) is 5.91 Å². The van der Waals surface area contributed by atoms with Crippen molar-refractivity contribution < 1.29 is 9.63 Å². The third kappa shape index (κ3) is 5.79. The van der Waals surface area contributed by atoms with Crippen molar-refractivity contribution in [1.82, 2.24) is 9.96 Å². The van der Waals surface area contributed by atoms with Crippen LogP contribution in [0.2, 0.25) is 0 Å². The number of benzene rings is 3. The summed E-state index contributed by atoms with van der Waals surface area (Å²) < 4.78 is 0. The highest BCUT2D eigenvalue weighted by Crippen LogP contribution is 2.33. The number of anilines is 1. The molecule has 0 spiro atoms. The van der Waals surface area contributed by atoms with Crippen LogP contribution >= 0.6 is 0 Å². The first kappa shape index (κ1) is 25.7. The van der Waals surface area contributed by atoms with Crippen LogP contribution in [0.1, 0.15) is 42.0 Å². The van der Waals surface area contributed by atoms with Gasteiger partial charge in [0.2, 0.25) is 0 Å². The van der Waals surface area contributed by atoms with Crippen LogP contribution in [-0.4, -0.2) is 41.8 Å². The zero-order valence-corrected chi connectivity index (χ0v) is 22.1. The van der Waals surface area contributed by atoms with Crippen molar-refractivity contribution in [2.75, 3.05) is 25.9 Å². The molecule has 0 saturated heterocycles. The molecule has 0 atom stereocenters. The molecular weight excluding hydrogens is 474 g/mol. The molecule has 0 fully saturated rings. The number of nitrogens with two attached hydrogens (primary N) is 2. The van der Waals surface area contributed by atoms with Crippen LogP contribution in [0.15, 0.2) is 71.2 Å². The topological polar surface area (TPSA) is 97.2 Å². The number of hydrogen-bond donors (Lipinski definition) is 2. The van der Waals surface area contributed by atoms with Gasteiger partial charge >= 0.3 is 0 Å². The lowest BCUT2D eigenvalue weighted by Gasteiger charge is -2.25. The van der Waals surface area contributed by atoms with Gasteiger partial charge in [0.15, 0.2) is 0 Å². The van der Waals surface area contributed by atoms with E-state index in [1.165, 1.54) is 21.8 Å². The SMILES string of the molecule is CCCN(OCc1ccc(N)cc1)C(=O)C1=Cc2ccc(-c3ccc4c(c3)CCN(C)C4)cc2N=C(N)C1. The predicted molar refractivity (Wildman–Crippen MR) is 153 cm³/mol. The summed E-state index contributed by atoms with van der Waals surface area (Å²) in [6.07, 6.45) is 3.98. The van der Waals surface area contributed by atoms with Crippen LogP contribution in [0.4, 0.5) is 11.4 Å². The van der Waals surface area contributed by atoms with E-state index in [2.05, 4.69) is 47.3 Å². The summed E-state index contributed by atoms with van der Waals surface area (Å²) in [4.78, 5) is 26.5. The molecule has 0 radical (unpaired) electrons. The Morgan fingerprint density at radius 2 is 1.79 bits per heavy atom. The van der Waals surface area contributed by atoms with Crippen LogP contribution in [0.5, 0.6) is 0 Å². The number of amidine groups is 1. The van der Waals surface area contributed by atoms with E-state index in [9.17, 15) is 4.79 Å². The third-order valence-corrected chi connectivity index (χ3v) is 7.03. The van der Waals surface area contributed by atoms with E-state index < -0.39 is 0 Å². The number of rotatable bonds is 7. The molecule has 196 valence electrons. The Bertz CT molecular complexity index is 1390. The zero-order valence-electron chi connectivity index (χ0n) is 22.1. The number of fused-ring (bicyclic) bond motifs is 2. The number of hydrogen-bond acceptors (Lipinski definition) is 6. The van der Waals surface area contributed by atoms with Gasteiger partial charge in [-0.25, -0.2) is 10.1 Å². The minimum atomic E-state index is -0.197. The summed E-state index contributed by atoms with van der Waals surface area (Å²) in [7, 11) is 2.16. The highest BCUT2D eigenvalue weighted by atomic mass is 16.7. The second-order valence-corrected chi connectivity index (χ2v) is 10.1. The van der Waals surface area contributed by atoms with Gasteiger partial charge in [0.1, 0.15) is 12.4 Å². The fraction of sp³-hybridized carbons (Fsp3) is 0.290. The molecule has 2 heterocycles. The molecule has 3 aromatic rings. The first-order chi connectivity index (χ1) is 18.4. The highest BCUT2D eigenvalue weighted by Gasteiger charge is 2.23. The van der Waals surface area contributed by atoms with Crippen molar-refractivity contribution in [2.24, 2.45) is 10.7 Å². The summed E-state index contributed by atoms with van der Waals surface area (Å²) in [6.45, 7) is 4.82. The Labute approximate surface area is 224 Å². The van der Waals surface area contributed by atoms with Gasteiger partial charge in [0.05, 0.1) is 5.69 Å². The molecule has 0 aromatic heterocycles. The Balaban J connectivity index is 1.38. The lowest BCUT2D eigenvalue weighted by Crippen LogP contribution is -2.34. The van der Waals surface area contributed by atoms with Gasteiger partial charge in [-0.05, 0) is 72.0 Å². The van der Waals surface area contributed by atoms with Crippen LogP contribution in [0.3, 0.4) is 0 Å². The fourth-order valence-electron chi connectivity index (χ4n) is 4.94. The molecule has 0 aliphatic carbocycles. The molecule has 4 N–H and O–H groups in total. The molecule has 7 nitrogen and oxygen atoms in total. The highest BCUT2D eigenvalue weighted by molar-refractivity contribution is 6.05. The number of nitrogens with zero attached hydrogens (tertiary/aromatic N) is 3. The minimum absolute atomic E-state index is 0.197. The van der Waals surface area contributed by atoms with Crippen LogP contribution in [0, 0.1) is 0 Å². The number of carbonyl (C=O) groups is 1. The van der Waals surface area contributed by atoms with E-state index in [1.54, 1.807) is 0 Å². The van der Waals surface area contributed by atoms with Crippen molar-refractivity contribution in [2.45, 2.75) is 39.3 Å². The van der Waals surface area contributed by atoms with E-state index in [0.717, 1.165) is 48.3 Å². The van der Waals surface area contributed by atoms with Crippen molar-refractivity contribution >= 4 is 29.2 Å². The molecule has 5 rings (SSSR count). The summed E-state index contributed by atoms with van der Waals surface area (Å²) in [5.74, 6) is 0.209. The second-order valence-electron chi connectivity index (χ2n) is 10.1. The number of amides is 1. The summed E-state index contributed by atoms with van der Waals surface area (Å²) in [5.41, 5.74) is 21.0. The predicted octanol–water partition coefficient (Wildman–Crippen LogP) is 5.07. The molecule has 0 saturated carbocycles. The van der Waals surface area contributed by atoms with E-state index in [0.29, 0.717) is 23.6 Å². The van der Waals surface area contributed by atoms with Gasteiger partial charge in [0, 0.05) is 42.9 Å². The number of aliphatic imine (C=N–C) groups is 1. The first-order valence-corrected chi connectivity index (χ1v) is 13.2.